The summed E-state index contributed by atoms with van der Waals surface area (Å²) in [6, 6.07) is 29.5. The van der Waals surface area contributed by atoms with Crippen LogP contribution in [0, 0.1) is 15.9 Å². The quantitative estimate of drug-likeness (QED) is 0.124. The summed E-state index contributed by atoms with van der Waals surface area (Å²) in [5.41, 5.74) is 3.68. The number of amides is 1. The van der Waals surface area contributed by atoms with Crippen LogP contribution in [0.25, 0.3) is 11.4 Å². The molecule has 40 heavy (non-hydrogen) atoms. The van der Waals surface area contributed by atoms with E-state index in [1.165, 1.54) is 30.0 Å². The summed E-state index contributed by atoms with van der Waals surface area (Å²) in [5.74, 6) is 0.438. The molecular weight excluding hydrogens is 529 g/mol. The van der Waals surface area contributed by atoms with E-state index in [4.69, 9.17) is 0 Å². The first-order valence-electron chi connectivity index (χ1n) is 12.4. The van der Waals surface area contributed by atoms with E-state index in [2.05, 4.69) is 15.5 Å². The molecule has 1 N–H and O–H groups in total. The van der Waals surface area contributed by atoms with Gasteiger partial charge in [-0.15, -0.1) is 10.2 Å². The zero-order valence-corrected chi connectivity index (χ0v) is 22.1. The molecule has 10 heteroatoms. The number of nitro benzene ring substituents is 1. The SMILES string of the molecule is O=C(NCc1ccc(F)cc1)c1ccc(CSc2nnc(-c3ccccc3[N+](=O)[O-])n2Cc2ccccc2)cc1. The van der Waals surface area contributed by atoms with Crippen LogP contribution in [0.5, 0.6) is 0 Å². The molecule has 0 atom stereocenters. The number of aromatic nitrogens is 3. The molecule has 0 bridgehead atoms. The van der Waals surface area contributed by atoms with Crippen molar-refractivity contribution in [2.45, 2.75) is 24.0 Å². The molecule has 1 aromatic heterocycles. The number of hydrogen-bond donors (Lipinski definition) is 1. The van der Waals surface area contributed by atoms with Gasteiger partial charge in [-0.1, -0.05) is 78.5 Å². The van der Waals surface area contributed by atoms with Crippen molar-refractivity contribution in [3.05, 3.63) is 141 Å². The second-order valence-electron chi connectivity index (χ2n) is 8.95. The summed E-state index contributed by atoms with van der Waals surface area (Å²) in [7, 11) is 0. The van der Waals surface area contributed by atoms with Crippen molar-refractivity contribution >= 4 is 23.4 Å². The standard InChI is InChI=1S/C30H24FN5O3S/c31-25-16-12-21(13-17-25)18-32-29(37)24-14-10-23(11-15-24)20-40-30-34-33-28(26-8-4-5-9-27(26)36(38)39)35(30)19-22-6-2-1-3-7-22/h1-17H,18-20H2,(H,32,37). The first kappa shape index (κ1) is 26.8. The molecule has 0 aliphatic rings. The molecule has 0 radical (unpaired) electrons. The normalized spacial score (nSPS) is 10.8. The molecule has 1 heterocycles. The number of carbonyl (C=O) groups is 1. The van der Waals surface area contributed by atoms with Gasteiger partial charge in [0.05, 0.1) is 17.0 Å². The molecule has 5 aromatic rings. The maximum atomic E-state index is 13.1. The Labute approximate surface area is 234 Å². The van der Waals surface area contributed by atoms with E-state index in [0.29, 0.717) is 41.0 Å². The molecular formula is C30H24FN5O3S. The van der Waals surface area contributed by atoms with E-state index in [9.17, 15) is 19.3 Å². The van der Waals surface area contributed by atoms with E-state index < -0.39 is 4.92 Å². The Hall–Kier alpha value is -4.83. The summed E-state index contributed by atoms with van der Waals surface area (Å²) in [6.07, 6.45) is 0. The lowest BCUT2D eigenvalue weighted by atomic mass is 10.1. The average molecular weight is 554 g/mol. The highest BCUT2D eigenvalue weighted by Gasteiger charge is 2.22. The van der Waals surface area contributed by atoms with Gasteiger partial charge in [0.2, 0.25) is 0 Å². The van der Waals surface area contributed by atoms with Gasteiger partial charge in [0.1, 0.15) is 5.82 Å². The predicted molar refractivity (Wildman–Crippen MR) is 151 cm³/mol. The van der Waals surface area contributed by atoms with Crippen molar-refractivity contribution in [3.8, 4) is 11.4 Å². The molecule has 0 unspecified atom stereocenters. The minimum atomic E-state index is -0.416. The summed E-state index contributed by atoms with van der Waals surface area (Å²) in [4.78, 5) is 23.8. The monoisotopic (exact) mass is 553 g/mol. The van der Waals surface area contributed by atoms with Gasteiger partial charge in [-0.05, 0) is 47.0 Å². The van der Waals surface area contributed by atoms with Crippen molar-refractivity contribution in [2.75, 3.05) is 0 Å². The number of nitrogens with one attached hydrogen (secondary N) is 1. The highest BCUT2D eigenvalue weighted by Crippen LogP contribution is 2.32. The van der Waals surface area contributed by atoms with Crippen molar-refractivity contribution in [1.82, 2.24) is 20.1 Å². The maximum absolute atomic E-state index is 13.1. The Morgan fingerprint density at radius 2 is 1.52 bits per heavy atom. The Morgan fingerprint density at radius 1 is 0.850 bits per heavy atom. The molecule has 1 amide bonds. The first-order valence-corrected chi connectivity index (χ1v) is 13.4. The van der Waals surface area contributed by atoms with E-state index in [1.54, 1.807) is 42.5 Å². The molecule has 0 saturated carbocycles. The lowest BCUT2D eigenvalue weighted by molar-refractivity contribution is -0.384. The molecule has 4 aromatic carbocycles. The molecule has 8 nitrogen and oxygen atoms in total. The first-order chi connectivity index (χ1) is 19.5. The molecule has 0 fully saturated rings. The molecule has 0 aliphatic heterocycles. The second-order valence-corrected chi connectivity index (χ2v) is 9.89. The third-order valence-corrected chi connectivity index (χ3v) is 7.23. The number of nitrogens with zero attached hydrogens (tertiary/aromatic N) is 4. The van der Waals surface area contributed by atoms with Crippen molar-refractivity contribution in [2.24, 2.45) is 0 Å². The summed E-state index contributed by atoms with van der Waals surface area (Å²) < 4.78 is 15.0. The van der Waals surface area contributed by atoms with Crippen LogP contribution >= 0.6 is 11.8 Å². The number of hydrogen-bond acceptors (Lipinski definition) is 6. The fourth-order valence-electron chi connectivity index (χ4n) is 4.11. The van der Waals surface area contributed by atoms with Gasteiger partial charge in [-0.2, -0.15) is 0 Å². The van der Waals surface area contributed by atoms with Crippen LogP contribution in [0.15, 0.2) is 108 Å². The Kier molecular flexibility index (Phi) is 8.26. The van der Waals surface area contributed by atoms with Crippen molar-refractivity contribution in [3.63, 3.8) is 0 Å². The van der Waals surface area contributed by atoms with E-state index in [0.717, 1.165) is 16.7 Å². The maximum Gasteiger partial charge on any atom is 0.280 e. The van der Waals surface area contributed by atoms with Crippen LogP contribution in [0.4, 0.5) is 10.1 Å². The summed E-state index contributed by atoms with van der Waals surface area (Å²) >= 11 is 1.46. The van der Waals surface area contributed by atoms with Gasteiger partial charge in [-0.3, -0.25) is 19.5 Å². The van der Waals surface area contributed by atoms with Gasteiger partial charge < -0.3 is 5.32 Å². The minimum absolute atomic E-state index is 0.0333. The van der Waals surface area contributed by atoms with Gasteiger partial charge >= 0.3 is 0 Å². The van der Waals surface area contributed by atoms with Crippen LogP contribution in [0.2, 0.25) is 0 Å². The van der Waals surface area contributed by atoms with E-state index >= 15 is 0 Å². The van der Waals surface area contributed by atoms with E-state index in [-0.39, 0.29) is 17.4 Å². The minimum Gasteiger partial charge on any atom is -0.348 e. The number of carbonyl (C=O) groups excluding carboxylic acids is 1. The van der Waals surface area contributed by atoms with Gasteiger partial charge in [0, 0.05) is 23.9 Å². The molecule has 0 aliphatic carbocycles. The fourth-order valence-corrected chi connectivity index (χ4v) is 5.01. The van der Waals surface area contributed by atoms with Crippen molar-refractivity contribution in [1.29, 1.82) is 0 Å². The van der Waals surface area contributed by atoms with Gasteiger partial charge in [0.15, 0.2) is 11.0 Å². The average Bonchev–Trinajstić information content (AvgIpc) is 3.38. The Morgan fingerprint density at radius 3 is 2.25 bits per heavy atom. The van der Waals surface area contributed by atoms with Crippen LogP contribution in [0.1, 0.15) is 27.0 Å². The van der Waals surface area contributed by atoms with Crippen LogP contribution in [0.3, 0.4) is 0 Å². The highest BCUT2D eigenvalue weighted by molar-refractivity contribution is 7.98. The van der Waals surface area contributed by atoms with Crippen LogP contribution in [-0.4, -0.2) is 25.6 Å². The van der Waals surface area contributed by atoms with Crippen LogP contribution < -0.4 is 5.32 Å². The largest absolute Gasteiger partial charge is 0.348 e. The lowest BCUT2D eigenvalue weighted by Gasteiger charge is -2.11. The summed E-state index contributed by atoms with van der Waals surface area (Å²) in [6.45, 7) is 0.750. The molecule has 200 valence electrons. The molecule has 0 saturated heterocycles. The second kappa shape index (κ2) is 12.4. The Bertz CT molecular complexity index is 1620. The number of para-hydroxylation sites is 1. The van der Waals surface area contributed by atoms with Gasteiger partial charge in [0.25, 0.3) is 11.6 Å². The topological polar surface area (TPSA) is 103 Å². The number of thioether (sulfide) groups is 1. The highest BCUT2D eigenvalue weighted by atomic mass is 32.2. The third kappa shape index (κ3) is 6.41. The zero-order valence-electron chi connectivity index (χ0n) is 21.2. The third-order valence-electron chi connectivity index (χ3n) is 6.19. The lowest BCUT2D eigenvalue weighted by Crippen LogP contribution is -2.22. The summed E-state index contributed by atoms with van der Waals surface area (Å²) in [5, 5.41) is 23.9. The number of nitro groups is 1. The fraction of sp³-hybridized carbons (Fsp3) is 0.100. The zero-order chi connectivity index (χ0) is 27.9. The predicted octanol–water partition coefficient (Wildman–Crippen LogP) is 6.26. The molecule has 5 rings (SSSR count). The number of halogens is 1. The Balaban J connectivity index is 1.31. The number of benzene rings is 4. The van der Waals surface area contributed by atoms with Gasteiger partial charge in [-0.25, -0.2) is 4.39 Å². The molecule has 0 spiro atoms. The van der Waals surface area contributed by atoms with E-state index in [1.807, 2.05) is 47.0 Å². The smallest absolute Gasteiger partial charge is 0.280 e. The number of rotatable bonds is 10. The van der Waals surface area contributed by atoms with Crippen LogP contribution in [-0.2, 0) is 18.8 Å². The van der Waals surface area contributed by atoms with Crippen molar-refractivity contribution < 1.29 is 14.1 Å².